The zero-order chi connectivity index (χ0) is 20.2. The highest BCUT2D eigenvalue weighted by atomic mass is 32.2. The first-order valence-electron chi connectivity index (χ1n) is 10.2. The molecule has 1 aliphatic heterocycles. The van der Waals surface area contributed by atoms with Crippen LogP contribution in [0.4, 0.5) is 5.69 Å². The number of hydrogen-bond acceptors (Lipinski definition) is 5. The van der Waals surface area contributed by atoms with Gasteiger partial charge in [0, 0.05) is 57.2 Å². The fourth-order valence-electron chi connectivity index (χ4n) is 4.01. The van der Waals surface area contributed by atoms with Gasteiger partial charge in [0.1, 0.15) is 11.5 Å². The largest absolute Gasteiger partial charge is 0.368 e. The van der Waals surface area contributed by atoms with E-state index in [4.69, 9.17) is 4.98 Å². The number of pyridine rings is 1. The van der Waals surface area contributed by atoms with Crippen molar-refractivity contribution >= 4 is 21.4 Å². The molecule has 3 aromatic heterocycles. The molecule has 4 heterocycles. The maximum absolute atomic E-state index is 13.0. The third kappa shape index (κ3) is 3.32. The zero-order valence-corrected chi connectivity index (χ0v) is 17.6. The van der Waals surface area contributed by atoms with Crippen molar-refractivity contribution in [2.75, 3.05) is 31.1 Å². The summed E-state index contributed by atoms with van der Waals surface area (Å²) in [5.41, 5.74) is 3.25. The van der Waals surface area contributed by atoms with Crippen molar-refractivity contribution in [3.05, 3.63) is 42.2 Å². The molecule has 1 saturated carbocycles. The van der Waals surface area contributed by atoms with Crippen LogP contribution in [0.15, 0.2) is 35.7 Å². The Hall–Kier alpha value is -2.39. The average Bonchev–Trinajstić information content (AvgIpc) is 3.37. The summed E-state index contributed by atoms with van der Waals surface area (Å²) in [5, 5.41) is 0.151. The van der Waals surface area contributed by atoms with Crippen molar-refractivity contribution in [3.63, 3.8) is 0 Å². The molecular weight excluding hydrogens is 388 g/mol. The molecule has 0 amide bonds. The van der Waals surface area contributed by atoms with Crippen LogP contribution in [0.1, 0.15) is 37.2 Å². The number of imidazole rings is 2. The molecule has 154 valence electrons. The van der Waals surface area contributed by atoms with Crippen molar-refractivity contribution in [1.29, 1.82) is 0 Å². The SMILES string of the molecule is CCn1cc(S(=O)(=O)N2CCN(c3ccc4nc(C5CC5)cn4c3)CC2)nc1C. The Morgan fingerprint density at radius 3 is 2.45 bits per heavy atom. The molecule has 9 heteroatoms. The van der Waals surface area contributed by atoms with Gasteiger partial charge in [-0.25, -0.2) is 18.4 Å². The highest BCUT2D eigenvalue weighted by Gasteiger charge is 2.31. The number of aromatic nitrogens is 4. The van der Waals surface area contributed by atoms with Crippen LogP contribution < -0.4 is 4.90 Å². The van der Waals surface area contributed by atoms with Crippen molar-refractivity contribution in [1.82, 2.24) is 23.2 Å². The summed E-state index contributed by atoms with van der Waals surface area (Å²) in [4.78, 5) is 11.2. The summed E-state index contributed by atoms with van der Waals surface area (Å²) >= 11 is 0. The number of fused-ring (bicyclic) bond motifs is 1. The van der Waals surface area contributed by atoms with E-state index in [1.165, 1.54) is 18.5 Å². The van der Waals surface area contributed by atoms with Crippen LogP contribution in [0.2, 0.25) is 0 Å². The average molecular weight is 415 g/mol. The van der Waals surface area contributed by atoms with Gasteiger partial charge in [-0.2, -0.15) is 4.31 Å². The first-order chi connectivity index (χ1) is 14.0. The van der Waals surface area contributed by atoms with E-state index < -0.39 is 10.0 Å². The molecule has 0 N–H and O–H groups in total. The second-order valence-electron chi connectivity index (χ2n) is 7.90. The lowest BCUT2D eigenvalue weighted by Crippen LogP contribution is -2.48. The second-order valence-corrected chi connectivity index (χ2v) is 9.78. The molecular formula is C20H26N6O2S. The highest BCUT2D eigenvalue weighted by Crippen LogP contribution is 2.39. The molecule has 0 spiro atoms. The monoisotopic (exact) mass is 414 g/mol. The lowest BCUT2D eigenvalue weighted by atomic mass is 10.3. The van der Waals surface area contributed by atoms with E-state index in [0.29, 0.717) is 38.6 Å². The molecule has 5 rings (SSSR count). The van der Waals surface area contributed by atoms with E-state index >= 15 is 0 Å². The van der Waals surface area contributed by atoms with Crippen molar-refractivity contribution in [2.45, 2.75) is 44.2 Å². The Balaban J connectivity index is 1.31. The maximum atomic E-state index is 13.0. The summed E-state index contributed by atoms with van der Waals surface area (Å²) < 4.78 is 31.5. The van der Waals surface area contributed by atoms with Gasteiger partial charge in [-0.3, -0.25) is 0 Å². The van der Waals surface area contributed by atoms with Crippen molar-refractivity contribution in [3.8, 4) is 0 Å². The standard InChI is InChI=1S/C20H26N6O2S/c1-3-23-14-20(21-15(23)2)29(27,28)26-10-8-24(9-11-26)17-6-7-19-22-18(16-4-5-16)13-25(19)12-17/h6-7,12-14,16H,3-5,8-11H2,1-2H3. The lowest BCUT2D eigenvalue weighted by Gasteiger charge is -2.34. The van der Waals surface area contributed by atoms with E-state index in [1.807, 2.05) is 24.5 Å². The Bertz CT molecular complexity index is 1150. The molecule has 0 radical (unpaired) electrons. The molecule has 8 nitrogen and oxygen atoms in total. The number of piperazine rings is 1. The van der Waals surface area contributed by atoms with Crippen LogP contribution in [-0.4, -0.2) is 57.8 Å². The number of sulfonamides is 1. The molecule has 1 aliphatic carbocycles. The second kappa shape index (κ2) is 6.84. The summed E-state index contributed by atoms with van der Waals surface area (Å²) in [6.45, 7) is 6.74. The van der Waals surface area contributed by atoms with Gasteiger partial charge in [-0.05, 0) is 38.8 Å². The zero-order valence-electron chi connectivity index (χ0n) is 16.8. The van der Waals surface area contributed by atoms with Gasteiger partial charge in [0.2, 0.25) is 0 Å². The Morgan fingerprint density at radius 2 is 1.79 bits per heavy atom. The first kappa shape index (κ1) is 18.6. The van der Waals surface area contributed by atoms with Gasteiger partial charge in [0.05, 0.1) is 11.4 Å². The van der Waals surface area contributed by atoms with Crippen LogP contribution in [0.3, 0.4) is 0 Å². The number of nitrogens with zero attached hydrogens (tertiary/aromatic N) is 6. The quantitative estimate of drug-likeness (QED) is 0.640. The van der Waals surface area contributed by atoms with E-state index in [0.717, 1.165) is 17.2 Å². The van der Waals surface area contributed by atoms with Gasteiger partial charge in [0.15, 0.2) is 5.03 Å². The molecule has 2 fully saturated rings. The highest BCUT2D eigenvalue weighted by molar-refractivity contribution is 7.89. The Kier molecular flexibility index (Phi) is 4.40. The molecule has 0 unspecified atom stereocenters. The summed E-state index contributed by atoms with van der Waals surface area (Å²) in [6.07, 6.45) is 8.35. The molecule has 3 aromatic rings. The van der Waals surface area contributed by atoms with Crippen LogP contribution in [0, 0.1) is 6.92 Å². The Morgan fingerprint density at radius 1 is 1.03 bits per heavy atom. The minimum absolute atomic E-state index is 0.151. The third-order valence-corrected chi connectivity index (χ3v) is 7.72. The fraction of sp³-hybridized carbons (Fsp3) is 0.500. The fourth-order valence-corrected chi connectivity index (χ4v) is 5.42. The lowest BCUT2D eigenvalue weighted by molar-refractivity contribution is 0.383. The first-order valence-corrected chi connectivity index (χ1v) is 11.7. The summed E-state index contributed by atoms with van der Waals surface area (Å²) in [6, 6.07) is 4.12. The van der Waals surface area contributed by atoms with Gasteiger partial charge >= 0.3 is 0 Å². The molecule has 0 atom stereocenters. The van der Waals surface area contributed by atoms with E-state index in [1.54, 1.807) is 10.5 Å². The molecule has 0 bridgehead atoms. The smallest absolute Gasteiger partial charge is 0.262 e. The van der Waals surface area contributed by atoms with Crippen LogP contribution in [0.25, 0.3) is 5.65 Å². The maximum Gasteiger partial charge on any atom is 0.262 e. The molecule has 29 heavy (non-hydrogen) atoms. The van der Waals surface area contributed by atoms with Crippen LogP contribution in [-0.2, 0) is 16.6 Å². The molecule has 2 aliphatic rings. The van der Waals surface area contributed by atoms with Gasteiger partial charge in [-0.15, -0.1) is 0 Å². The number of rotatable bonds is 5. The summed E-state index contributed by atoms with van der Waals surface area (Å²) in [5.74, 6) is 1.36. The van der Waals surface area contributed by atoms with Crippen molar-refractivity contribution in [2.24, 2.45) is 0 Å². The van der Waals surface area contributed by atoms with Gasteiger partial charge < -0.3 is 13.9 Å². The minimum Gasteiger partial charge on any atom is -0.368 e. The number of hydrogen-bond donors (Lipinski definition) is 0. The normalized spacial score (nSPS) is 18.6. The number of aryl methyl sites for hydroxylation is 2. The van der Waals surface area contributed by atoms with E-state index in [-0.39, 0.29) is 5.03 Å². The Labute approximate surface area is 170 Å². The van der Waals surface area contributed by atoms with Gasteiger partial charge in [0.25, 0.3) is 10.0 Å². The van der Waals surface area contributed by atoms with E-state index in [2.05, 4.69) is 32.7 Å². The van der Waals surface area contributed by atoms with Crippen LogP contribution in [0.5, 0.6) is 0 Å². The van der Waals surface area contributed by atoms with Crippen LogP contribution >= 0.6 is 0 Å². The number of anilines is 1. The predicted molar refractivity (Wildman–Crippen MR) is 111 cm³/mol. The minimum atomic E-state index is -3.55. The molecule has 0 aromatic carbocycles. The topological polar surface area (TPSA) is 75.7 Å². The third-order valence-electron chi connectivity index (χ3n) is 5.95. The predicted octanol–water partition coefficient (Wildman–Crippen LogP) is 2.25. The van der Waals surface area contributed by atoms with E-state index in [9.17, 15) is 8.42 Å². The molecule has 1 saturated heterocycles. The van der Waals surface area contributed by atoms with Crippen molar-refractivity contribution < 1.29 is 8.42 Å². The van der Waals surface area contributed by atoms with Gasteiger partial charge in [-0.1, -0.05) is 0 Å². The summed E-state index contributed by atoms with van der Waals surface area (Å²) in [7, 11) is -3.55.